The Labute approximate surface area is 87.2 Å². The summed E-state index contributed by atoms with van der Waals surface area (Å²) in [5.41, 5.74) is 1.13. The third-order valence-corrected chi connectivity index (χ3v) is 2.29. The largest absolute Gasteiger partial charge is 0.204 e. The van der Waals surface area contributed by atoms with Crippen LogP contribution in [-0.2, 0) is 0 Å². The lowest BCUT2D eigenvalue weighted by atomic mass is 10.0. The smallest absolute Gasteiger partial charge is 0.166 e. The van der Waals surface area contributed by atoms with Gasteiger partial charge in [0.1, 0.15) is 0 Å². The zero-order valence-corrected chi connectivity index (χ0v) is 8.08. The summed E-state index contributed by atoms with van der Waals surface area (Å²) in [6, 6.07) is 4.24. The van der Waals surface area contributed by atoms with Gasteiger partial charge in [-0.25, -0.2) is 8.78 Å². The Bertz CT molecular complexity index is 454. The van der Waals surface area contributed by atoms with Gasteiger partial charge in [0.05, 0.1) is 0 Å². The maximum Gasteiger partial charge on any atom is 0.166 e. The summed E-state index contributed by atoms with van der Waals surface area (Å²) in [5, 5.41) is 0. The van der Waals surface area contributed by atoms with Crippen molar-refractivity contribution in [2.24, 2.45) is 0 Å². The first-order valence-electron chi connectivity index (χ1n) is 4.76. The second-order valence-electron chi connectivity index (χ2n) is 3.31. The van der Waals surface area contributed by atoms with Crippen LogP contribution in [0.3, 0.4) is 0 Å². The van der Waals surface area contributed by atoms with Crippen LogP contribution in [0.25, 0.3) is 5.57 Å². The van der Waals surface area contributed by atoms with Crippen LogP contribution in [-0.4, -0.2) is 0 Å². The number of hydrogen-bond donors (Lipinski definition) is 0. The van der Waals surface area contributed by atoms with E-state index in [-0.39, 0.29) is 0 Å². The molecule has 2 rings (SSSR count). The van der Waals surface area contributed by atoms with E-state index in [1.54, 1.807) is 12.1 Å². The molecule has 0 N–H and O–H groups in total. The minimum absolute atomic E-state index is 0.339. The number of rotatable bonds is 1. The first-order valence-corrected chi connectivity index (χ1v) is 4.76. The molecule has 0 bridgehead atoms. The summed E-state index contributed by atoms with van der Waals surface area (Å²) in [4.78, 5) is 0. The van der Waals surface area contributed by atoms with Gasteiger partial charge in [0, 0.05) is 5.56 Å². The van der Waals surface area contributed by atoms with E-state index in [4.69, 9.17) is 0 Å². The highest BCUT2D eigenvalue weighted by Gasteiger charge is 2.10. The quantitative estimate of drug-likeness (QED) is 0.651. The third kappa shape index (κ3) is 2.04. The zero-order valence-electron chi connectivity index (χ0n) is 8.08. The van der Waals surface area contributed by atoms with Gasteiger partial charge in [-0.3, -0.25) is 0 Å². The third-order valence-electron chi connectivity index (χ3n) is 2.29. The molecular weight excluding hydrogens is 194 g/mol. The molecule has 0 radical (unpaired) electrons. The summed E-state index contributed by atoms with van der Waals surface area (Å²) in [6.45, 7) is 0. The molecule has 0 spiro atoms. The minimum atomic E-state index is -0.800. The highest BCUT2D eigenvalue weighted by molar-refractivity contribution is 5.69. The minimum Gasteiger partial charge on any atom is -0.204 e. The van der Waals surface area contributed by atoms with Gasteiger partial charge in [0.2, 0.25) is 0 Å². The van der Waals surface area contributed by atoms with Gasteiger partial charge in [-0.1, -0.05) is 42.5 Å². The fourth-order valence-electron chi connectivity index (χ4n) is 1.53. The van der Waals surface area contributed by atoms with Gasteiger partial charge in [0.15, 0.2) is 11.6 Å². The van der Waals surface area contributed by atoms with E-state index in [2.05, 4.69) is 0 Å². The molecule has 0 atom stereocenters. The van der Waals surface area contributed by atoms with Crippen molar-refractivity contribution in [1.29, 1.82) is 0 Å². The molecule has 15 heavy (non-hydrogen) atoms. The number of hydrogen-bond acceptors (Lipinski definition) is 0. The van der Waals surface area contributed by atoms with Crippen LogP contribution in [0.15, 0.2) is 48.6 Å². The zero-order chi connectivity index (χ0) is 10.7. The van der Waals surface area contributed by atoms with Gasteiger partial charge in [0.25, 0.3) is 0 Å². The summed E-state index contributed by atoms with van der Waals surface area (Å²) in [6.07, 6.45) is 9.92. The maximum absolute atomic E-state index is 13.5. The highest BCUT2D eigenvalue weighted by Crippen LogP contribution is 2.24. The van der Waals surface area contributed by atoms with Crippen molar-refractivity contribution in [3.63, 3.8) is 0 Å². The van der Waals surface area contributed by atoms with Crippen LogP contribution in [0, 0.1) is 11.6 Å². The molecule has 0 saturated heterocycles. The SMILES string of the molecule is Fc1cccc(C2=CC=CC=CC2)c1F. The second-order valence-corrected chi connectivity index (χ2v) is 3.31. The van der Waals surface area contributed by atoms with Crippen LogP contribution < -0.4 is 0 Å². The molecule has 0 saturated carbocycles. The van der Waals surface area contributed by atoms with E-state index in [1.807, 2.05) is 24.3 Å². The molecular formula is C13H10F2. The van der Waals surface area contributed by atoms with Crippen LogP contribution >= 0.6 is 0 Å². The summed E-state index contributed by atoms with van der Waals surface area (Å²) in [5.74, 6) is -1.57. The highest BCUT2D eigenvalue weighted by atomic mass is 19.2. The molecule has 0 heterocycles. The average Bonchev–Trinajstić information content (AvgIpc) is 2.50. The topological polar surface area (TPSA) is 0 Å². The number of allylic oxidation sites excluding steroid dienone is 6. The maximum atomic E-state index is 13.5. The monoisotopic (exact) mass is 204 g/mol. The molecule has 2 heteroatoms. The van der Waals surface area contributed by atoms with Crippen molar-refractivity contribution in [2.75, 3.05) is 0 Å². The summed E-state index contributed by atoms with van der Waals surface area (Å²) >= 11 is 0. The van der Waals surface area contributed by atoms with Gasteiger partial charge >= 0.3 is 0 Å². The van der Waals surface area contributed by atoms with Gasteiger partial charge in [-0.05, 0) is 18.1 Å². The standard InChI is InChI=1S/C13H10F2/c14-12-9-5-8-11(13(12)15)10-6-3-1-2-4-7-10/h1-6,8-9H,7H2. The first kappa shape index (κ1) is 9.84. The predicted molar refractivity (Wildman–Crippen MR) is 57.2 cm³/mol. The van der Waals surface area contributed by atoms with E-state index in [1.165, 1.54) is 6.07 Å². The molecule has 0 aliphatic heterocycles. The predicted octanol–water partition coefficient (Wildman–Crippen LogP) is 3.86. The fourth-order valence-corrected chi connectivity index (χ4v) is 1.53. The Balaban J connectivity index is 2.45. The molecule has 76 valence electrons. The Hall–Kier alpha value is -1.70. The molecule has 1 aromatic carbocycles. The van der Waals surface area contributed by atoms with Crippen molar-refractivity contribution in [3.05, 3.63) is 65.8 Å². The number of benzene rings is 1. The Morgan fingerprint density at radius 2 is 1.87 bits per heavy atom. The fraction of sp³-hybridized carbons (Fsp3) is 0.0769. The number of halogens is 2. The molecule has 1 aromatic rings. The van der Waals surface area contributed by atoms with Crippen molar-refractivity contribution >= 4 is 5.57 Å². The lowest BCUT2D eigenvalue weighted by molar-refractivity contribution is 0.506. The van der Waals surface area contributed by atoms with Crippen molar-refractivity contribution in [3.8, 4) is 0 Å². The van der Waals surface area contributed by atoms with Crippen LogP contribution in [0.5, 0.6) is 0 Å². The summed E-state index contributed by atoms with van der Waals surface area (Å²) in [7, 11) is 0. The Morgan fingerprint density at radius 1 is 1.00 bits per heavy atom. The molecule has 0 unspecified atom stereocenters. The summed E-state index contributed by atoms with van der Waals surface area (Å²) < 4.78 is 26.5. The van der Waals surface area contributed by atoms with Crippen molar-refractivity contribution < 1.29 is 8.78 Å². The molecule has 0 aromatic heterocycles. The van der Waals surface area contributed by atoms with E-state index >= 15 is 0 Å². The van der Waals surface area contributed by atoms with Crippen LogP contribution in [0.2, 0.25) is 0 Å². The molecule has 0 nitrogen and oxygen atoms in total. The lowest BCUT2D eigenvalue weighted by Crippen LogP contribution is -1.92. The van der Waals surface area contributed by atoms with E-state index < -0.39 is 11.6 Å². The van der Waals surface area contributed by atoms with Crippen molar-refractivity contribution in [2.45, 2.75) is 6.42 Å². The lowest BCUT2D eigenvalue weighted by Gasteiger charge is -2.05. The molecule has 1 aliphatic rings. The van der Waals surface area contributed by atoms with Crippen LogP contribution in [0.4, 0.5) is 8.78 Å². The van der Waals surface area contributed by atoms with Gasteiger partial charge in [-0.2, -0.15) is 0 Å². The van der Waals surface area contributed by atoms with Crippen molar-refractivity contribution in [1.82, 2.24) is 0 Å². The molecule has 0 fully saturated rings. The first-order chi connectivity index (χ1) is 7.29. The Kier molecular flexibility index (Phi) is 2.77. The second kappa shape index (κ2) is 4.22. The average molecular weight is 204 g/mol. The van der Waals surface area contributed by atoms with E-state index in [0.29, 0.717) is 12.0 Å². The van der Waals surface area contributed by atoms with Gasteiger partial charge < -0.3 is 0 Å². The molecule has 1 aliphatic carbocycles. The molecule has 0 amide bonds. The Morgan fingerprint density at radius 3 is 2.73 bits per heavy atom. The van der Waals surface area contributed by atoms with Gasteiger partial charge in [-0.15, -0.1) is 0 Å². The van der Waals surface area contributed by atoms with Crippen LogP contribution in [0.1, 0.15) is 12.0 Å². The normalized spacial score (nSPS) is 14.9. The van der Waals surface area contributed by atoms with E-state index in [9.17, 15) is 8.78 Å². The van der Waals surface area contributed by atoms with E-state index in [0.717, 1.165) is 11.6 Å².